The molecule has 6 nitrogen and oxygen atoms in total. The molecule has 0 radical (unpaired) electrons. The van der Waals surface area contributed by atoms with Crippen LogP contribution in [-0.4, -0.2) is 19.7 Å². The van der Waals surface area contributed by atoms with Gasteiger partial charge >= 0.3 is 5.95 Å². The normalized spacial score (nSPS) is 9.70. The van der Waals surface area contributed by atoms with Gasteiger partial charge in [0.25, 0.3) is 0 Å². The van der Waals surface area contributed by atoms with E-state index in [1.54, 1.807) is 6.92 Å². The van der Waals surface area contributed by atoms with Crippen molar-refractivity contribution >= 4 is 5.95 Å². The molecular weight excluding hydrogens is 136 g/mol. The molecule has 1 aromatic heterocycles. The second kappa shape index (κ2) is 2.42. The maximum atomic E-state index is 10.1. The molecule has 0 N–H and O–H groups in total. The highest BCUT2D eigenvalue weighted by molar-refractivity contribution is 4.99. The van der Waals surface area contributed by atoms with E-state index in [9.17, 15) is 10.1 Å². The van der Waals surface area contributed by atoms with Crippen LogP contribution in [0.4, 0.5) is 5.95 Å². The highest BCUT2D eigenvalue weighted by atomic mass is 16.6. The minimum Gasteiger partial charge on any atom is -0.390 e. The average Bonchev–Trinajstić information content (AvgIpc) is 2.33. The Hall–Kier alpha value is -1.46. The summed E-state index contributed by atoms with van der Waals surface area (Å²) in [5.41, 5.74) is 0. The lowest BCUT2D eigenvalue weighted by Crippen LogP contribution is -2.02. The number of nitrogens with zero attached hydrogens (tertiary/aromatic N) is 4. The molecule has 0 amide bonds. The number of hydrogen-bond acceptors (Lipinski definition) is 4. The first kappa shape index (κ1) is 6.66. The third kappa shape index (κ3) is 0.949. The highest BCUT2D eigenvalue weighted by Gasteiger charge is 2.12. The van der Waals surface area contributed by atoms with E-state index in [1.165, 1.54) is 11.0 Å². The topological polar surface area (TPSA) is 73.8 Å². The van der Waals surface area contributed by atoms with Gasteiger partial charge < -0.3 is 10.1 Å². The van der Waals surface area contributed by atoms with Gasteiger partial charge in [0.2, 0.25) is 6.33 Å². The van der Waals surface area contributed by atoms with Gasteiger partial charge in [-0.3, -0.25) is 0 Å². The molecule has 0 saturated heterocycles. The summed E-state index contributed by atoms with van der Waals surface area (Å²) < 4.78 is 1.22. The Morgan fingerprint density at radius 1 is 1.90 bits per heavy atom. The van der Waals surface area contributed by atoms with Crippen LogP contribution in [0.1, 0.15) is 6.92 Å². The van der Waals surface area contributed by atoms with Crippen molar-refractivity contribution in [3.8, 4) is 0 Å². The maximum Gasteiger partial charge on any atom is 0.455 e. The molecule has 0 aliphatic heterocycles. The quantitative estimate of drug-likeness (QED) is 0.437. The molecule has 1 aromatic rings. The van der Waals surface area contributed by atoms with E-state index in [0.717, 1.165) is 0 Å². The van der Waals surface area contributed by atoms with Gasteiger partial charge in [0.15, 0.2) is 0 Å². The molecule has 6 heteroatoms. The lowest BCUT2D eigenvalue weighted by atomic mass is 10.7. The Kier molecular flexibility index (Phi) is 1.61. The Morgan fingerprint density at radius 3 is 3.00 bits per heavy atom. The number of aromatic nitrogens is 3. The zero-order chi connectivity index (χ0) is 7.56. The molecule has 1 heterocycles. The van der Waals surface area contributed by atoms with Gasteiger partial charge in [-0.15, -0.1) is 4.68 Å². The molecule has 0 aliphatic carbocycles. The largest absolute Gasteiger partial charge is 0.455 e. The Bertz CT molecular complexity index is 243. The summed E-state index contributed by atoms with van der Waals surface area (Å²) in [6, 6.07) is 0. The second-order valence-corrected chi connectivity index (χ2v) is 1.63. The van der Waals surface area contributed by atoms with E-state index in [4.69, 9.17) is 0 Å². The van der Waals surface area contributed by atoms with Crippen molar-refractivity contribution in [3.63, 3.8) is 0 Å². The van der Waals surface area contributed by atoms with Gasteiger partial charge in [-0.2, -0.15) is 0 Å². The van der Waals surface area contributed by atoms with Crippen molar-refractivity contribution in [1.82, 2.24) is 14.8 Å². The van der Waals surface area contributed by atoms with Crippen LogP contribution in [0.15, 0.2) is 6.33 Å². The summed E-state index contributed by atoms with van der Waals surface area (Å²) >= 11 is 0. The zero-order valence-electron chi connectivity index (χ0n) is 5.39. The first-order chi connectivity index (χ1) is 4.75. The predicted octanol–water partition coefficient (Wildman–Crippen LogP) is 0.206. The molecule has 0 aromatic carbocycles. The third-order valence-electron chi connectivity index (χ3n) is 1.06. The Morgan fingerprint density at radius 2 is 2.60 bits per heavy atom. The molecule has 0 aliphatic rings. The molecule has 54 valence electrons. The maximum absolute atomic E-state index is 10.1. The molecular formula is C4H6N4O2. The number of rotatable bonds is 2. The van der Waals surface area contributed by atoms with E-state index in [2.05, 4.69) is 10.1 Å². The summed E-state index contributed by atoms with van der Waals surface area (Å²) in [5, 5.41) is 13.7. The van der Waals surface area contributed by atoms with Crippen LogP contribution in [0, 0.1) is 10.1 Å². The van der Waals surface area contributed by atoms with Crippen molar-refractivity contribution < 1.29 is 4.92 Å². The molecule has 1 rings (SSSR count). The van der Waals surface area contributed by atoms with Crippen LogP contribution in [0.3, 0.4) is 0 Å². The Balaban J connectivity index is 3.01. The third-order valence-corrected chi connectivity index (χ3v) is 1.06. The van der Waals surface area contributed by atoms with E-state index < -0.39 is 4.92 Å². The van der Waals surface area contributed by atoms with E-state index >= 15 is 0 Å². The van der Waals surface area contributed by atoms with Crippen molar-refractivity contribution in [3.05, 3.63) is 16.4 Å². The van der Waals surface area contributed by atoms with Crippen molar-refractivity contribution in [1.29, 1.82) is 0 Å². The smallest absolute Gasteiger partial charge is 0.390 e. The van der Waals surface area contributed by atoms with Gasteiger partial charge in [0.1, 0.15) is 0 Å². The summed E-state index contributed by atoms with van der Waals surface area (Å²) in [5.74, 6) is -0.206. The SMILES string of the molecule is CCn1ncnc1[N+](=O)[O-]. The fourth-order valence-electron chi connectivity index (χ4n) is 0.623. The molecule has 10 heavy (non-hydrogen) atoms. The lowest BCUT2D eigenvalue weighted by molar-refractivity contribution is -0.397. The van der Waals surface area contributed by atoms with E-state index in [-0.39, 0.29) is 5.95 Å². The van der Waals surface area contributed by atoms with Gasteiger partial charge in [-0.1, -0.05) is 10.1 Å². The summed E-state index contributed by atoms with van der Waals surface area (Å²) in [6.45, 7) is 2.23. The summed E-state index contributed by atoms with van der Waals surface area (Å²) in [4.78, 5) is 13.0. The van der Waals surface area contributed by atoms with Crippen LogP contribution >= 0.6 is 0 Å². The number of hydrogen-bond donors (Lipinski definition) is 0. The van der Waals surface area contributed by atoms with Gasteiger partial charge in [-0.25, -0.2) is 0 Å². The summed E-state index contributed by atoms with van der Waals surface area (Å²) in [6.07, 6.45) is 1.17. The molecule has 0 bridgehead atoms. The first-order valence-corrected chi connectivity index (χ1v) is 2.78. The van der Waals surface area contributed by atoms with Gasteiger partial charge in [-0.05, 0) is 11.8 Å². The van der Waals surface area contributed by atoms with Crippen molar-refractivity contribution in [2.24, 2.45) is 0 Å². The number of aryl methyl sites for hydroxylation is 1. The predicted molar refractivity (Wildman–Crippen MR) is 32.4 cm³/mol. The van der Waals surface area contributed by atoms with Crippen LogP contribution in [0.5, 0.6) is 0 Å². The minimum absolute atomic E-state index is 0.206. The zero-order valence-corrected chi connectivity index (χ0v) is 5.39. The highest BCUT2D eigenvalue weighted by Crippen LogP contribution is 2.02. The van der Waals surface area contributed by atoms with Crippen molar-refractivity contribution in [2.45, 2.75) is 13.5 Å². The van der Waals surface area contributed by atoms with E-state index in [0.29, 0.717) is 6.54 Å². The second-order valence-electron chi connectivity index (χ2n) is 1.63. The monoisotopic (exact) mass is 142 g/mol. The Labute approximate surface area is 56.6 Å². The fraction of sp³-hybridized carbons (Fsp3) is 0.500. The van der Waals surface area contributed by atoms with Crippen LogP contribution in [-0.2, 0) is 6.54 Å². The van der Waals surface area contributed by atoms with Crippen LogP contribution in [0.2, 0.25) is 0 Å². The first-order valence-electron chi connectivity index (χ1n) is 2.78. The van der Waals surface area contributed by atoms with E-state index in [1.807, 2.05) is 0 Å². The minimum atomic E-state index is -0.559. The van der Waals surface area contributed by atoms with Crippen molar-refractivity contribution in [2.75, 3.05) is 0 Å². The molecule has 0 saturated carbocycles. The van der Waals surface area contributed by atoms with Crippen LogP contribution in [0.25, 0.3) is 0 Å². The fourth-order valence-corrected chi connectivity index (χ4v) is 0.623. The van der Waals surface area contributed by atoms with Crippen LogP contribution < -0.4 is 0 Å². The van der Waals surface area contributed by atoms with Gasteiger partial charge in [0.05, 0.1) is 6.54 Å². The lowest BCUT2D eigenvalue weighted by Gasteiger charge is -1.92. The molecule has 0 fully saturated rings. The molecule has 0 spiro atoms. The van der Waals surface area contributed by atoms with Gasteiger partial charge in [0, 0.05) is 0 Å². The molecule has 0 atom stereocenters. The summed E-state index contributed by atoms with van der Waals surface area (Å²) in [7, 11) is 0. The number of nitro groups is 1. The average molecular weight is 142 g/mol. The molecule has 0 unspecified atom stereocenters. The standard InChI is InChI=1S/C4H6N4O2/c1-2-7-4(8(9)10)5-3-6-7/h3H,2H2,1H3.